The van der Waals surface area contributed by atoms with E-state index in [1.165, 1.54) is 0 Å². The van der Waals surface area contributed by atoms with Crippen LogP contribution in [0.5, 0.6) is 0 Å². The summed E-state index contributed by atoms with van der Waals surface area (Å²) in [6.45, 7) is 3.13. The Labute approximate surface area is 124 Å². The number of pyridine rings is 1. The molecule has 2 aliphatic heterocycles. The second-order valence-corrected chi connectivity index (χ2v) is 5.94. The van der Waals surface area contributed by atoms with Gasteiger partial charge < -0.3 is 9.30 Å². The standard InChI is InChI=1S/C17H17N3O/c1-2-20(16-12-18-8-5-14(16)11-18)17(21)13-6-9-19-7-3-4-15(19)10-13/h1,3-4,6-7,9-10,14,16H,5,8,11-12H2/t14-,16?/m0/s1. The molecule has 0 aliphatic carbocycles. The molecule has 2 saturated heterocycles. The van der Waals surface area contributed by atoms with Gasteiger partial charge in [0.05, 0.1) is 6.04 Å². The van der Waals surface area contributed by atoms with Crippen LogP contribution >= 0.6 is 0 Å². The molecule has 4 heterocycles. The lowest BCUT2D eigenvalue weighted by molar-refractivity contribution is 0.0748. The van der Waals surface area contributed by atoms with E-state index in [-0.39, 0.29) is 11.9 Å². The van der Waals surface area contributed by atoms with Gasteiger partial charge in [-0.15, -0.1) is 0 Å². The maximum absolute atomic E-state index is 12.8. The topological polar surface area (TPSA) is 28.0 Å². The lowest BCUT2D eigenvalue weighted by atomic mass is 9.98. The molecule has 2 unspecified atom stereocenters. The average molecular weight is 279 g/mol. The molecule has 2 aliphatic rings. The Morgan fingerprint density at radius 2 is 2.24 bits per heavy atom. The first-order chi connectivity index (χ1) is 10.3. The number of fused-ring (bicyclic) bond motifs is 3. The van der Waals surface area contributed by atoms with Gasteiger partial charge >= 0.3 is 0 Å². The Morgan fingerprint density at radius 3 is 2.95 bits per heavy atom. The smallest absolute Gasteiger partial charge is 0.265 e. The zero-order chi connectivity index (χ0) is 14.4. The molecule has 2 aromatic rings. The van der Waals surface area contributed by atoms with Crippen LogP contribution in [0, 0.1) is 18.4 Å². The molecule has 3 atom stereocenters. The number of nitrogens with zero attached hydrogens (tertiary/aromatic N) is 3. The highest BCUT2D eigenvalue weighted by molar-refractivity contribution is 5.96. The van der Waals surface area contributed by atoms with Crippen LogP contribution < -0.4 is 0 Å². The van der Waals surface area contributed by atoms with Gasteiger partial charge in [-0.05, 0) is 43.1 Å². The van der Waals surface area contributed by atoms with Crippen molar-refractivity contribution in [2.24, 2.45) is 5.92 Å². The third-order valence-corrected chi connectivity index (χ3v) is 4.76. The molecule has 2 fully saturated rings. The summed E-state index contributed by atoms with van der Waals surface area (Å²) < 4.78 is 1.99. The summed E-state index contributed by atoms with van der Waals surface area (Å²) in [6, 6.07) is 10.5. The van der Waals surface area contributed by atoms with Crippen molar-refractivity contribution in [2.45, 2.75) is 12.5 Å². The van der Waals surface area contributed by atoms with Gasteiger partial charge in [-0.2, -0.15) is 0 Å². The number of carbonyl (C=O) groups excluding carboxylic acids is 1. The van der Waals surface area contributed by atoms with E-state index >= 15 is 0 Å². The molecule has 4 rings (SSSR count). The highest BCUT2D eigenvalue weighted by atomic mass is 16.2. The van der Waals surface area contributed by atoms with Crippen LogP contribution in [0.15, 0.2) is 36.7 Å². The fourth-order valence-electron chi connectivity index (χ4n) is 3.66. The van der Waals surface area contributed by atoms with Crippen molar-refractivity contribution >= 4 is 11.4 Å². The third kappa shape index (κ3) is 1.93. The zero-order valence-corrected chi connectivity index (χ0v) is 11.8. The summed E-state index contributed by atoms with van der Waals surface area (Å²) >= 11 is 0. The van der Waals surface area contributed by atoms with E-state index in [2.05, 4.69) is 10.9 Å². The molecule has 0 spiro atoms. The maximum Gasteiger partial charge on any atom is 0.265 e. The maximum atomic E-state index is 12.8. The summed E-state index contributed by atoms with van der Waals surface area (Å²) in [7, 11) is 0. The molecular weight excluding hydrogens is 262 g/mol. The highest BCUT2D eigenvalue weighted by Gasteiger charge is 2.42. The first-order valence-electron chi connectivity index (χ1n) is 7.35. The zero-order valence-electron chi connectivity index (χ0n) is 11.8. The van der Waals surface area contributed by atoms with E-state index in [1.807, 2.05) is 41.1 Å². The molecule has 4 heteroatoms. The fourth-order valence-corrected chi connectivity index (χ4v) is 3.66. The summed E-state index contributed by atoms with van der Waals surface area (Å²) in [5, 5.41) is 0. The van der Waals surface area contributed by atoms with E-state index in [4.69, 9.17) is 6.42 Å². The number of carbonyl (C=O) groups is 1. The first-order valence-corrected chi connectivity index (χ1v) is 7.35. The Balaban J connectivity index is 1.64. The van der Waals surface area contributed by atoms with Crippen molar-refractivity contribution in [2.75, 3.05) is 19.6 Å². The summed E-state index contributed by atoms with van der Waals surface area (Å²) in [6.07, 6.45) is 10.7. The average Bonchev–Trinajstić information content (AvgIpc) is 3.23. The van der Waals surface area contributed by atoms with E-state index in [9.17, 15) is 4.79 Å². The summed E-state index contributed by atoms with van der Waals surface area (Å²) in [4.78, 5) is 16.8. The van der Waals surface area contributed by atoms with Crippen LogP contribution in [-0.2, 0) is 0 Å². The largest absolute Gasteiger partial charge is 0.324 e. The molecule has 106 valence electrons. The summed E-state index contributed by atoms with van der Waals surface area (Å²) in [5.41, 5.74) is 1.67. The lowest BCUT2D eigenvalue weighted by Crippen LogP contribution is -2.44. The Kier molecular flexibility index (Phi) is 2.76. The van der Waals surface area contributed by atoms with Crippen molar-refractivity contribution in [1.82, 2.24) is 14.2 Å². The number of aromatic nitrogens is 1. The van der Waals surface area contributed by atoms with Crippen molar-refractivity contribution in [3.05, 3.63) is 42.2 Å². The number of hydrogen-bond donors (Lipinski definition) is 0. The monoisotopic (exact) mass is 279 g/mol. The molecule has 0 N–H and O–H groups in total. The lowest BCUT2D eigenvalue weighted by Gasteiger charge is -2.30. The number of hydrogen-bond acceptors (Lipinski definition) is 2. The molecule has 1 amide bonds. The van der Waals surface area contributed by atoms with Gasteiger partial charge in [0.1, 0.15) is 0 Å². The Bertz CT molecular complexity index is 742. The Morgan fingerprint density at radius 1 is 1.33 bits per heavy atom. The third-order valence-electron chi connectivity index (χ3n) is 4.76. The minimum atomic E-state index is -0.0556. The van der Waals surface area contributed by atoms with E-state index in [1.54, 1.807) is 4.90 Å². The molecule has 2 aromatic heterocycles. The van der Waals surface area contributed by atoms with Crippen LogP contribution in [0.25, 0.3) is 5.52 Å². The fraction of sp³-hybridized carbons (Fsp3) is 0.353. The molecule has 21 heavy (non-hydrogen) atoms. The molecule has 0 aromatic carbocycles. The minimum Gasteiger partial charge on any atom is -0.324 e. The summed E-state index contributed by atoms with van der Waals surface area (Å²) in [5.74, 6) is 0.474. The van der Waals surface area contributed by atoms with Gasteiger partial charge in [0.15, 0.2) is 0 Å². The van der Waals surface area contributed by atoms with Crippen LogP contribution in [-0.4, -0.2) is 45.8 Å². The quantitative estimate of drug-likeness (QED) is 0.618. The molecule has 2 bridgehead atoms. The molecule has 4 nitrogen and oxygen atoms in total. The molecule has 0 saturated carbocycles. The Hall–Kier alpha value is -2.25. The first kappa shape index (κ1) is 12.5. The van der Waals surface area contributed by atoms with Crippen LogP contribution in [0.1, 0.15) is 16.8 Å². The highest BCUT2D eigenvalue weighted by Crippen LogP contribution is 2.31. The van der Waals surface area contributed by atoms with Gasteiger partial charge in [-0.3, -0.25) is 9.69 Å². The van der Waals surface area contributed by atoms with Crippen molar-refractivity contribution in [3.63, 3.8) is 0 Å². The number of terminal acetylenes is 1. The van der Waals surface area contributed by atoms with Gasteiger partial charge in [0, 0.05) is 42.6 Å². The predicted molar refractivity (Wildman–Crippen MR) is 80.7 cm³/mol. The van der Waals surface area contributed by atoms with Gasteiger partial charge in [0.2, 0.25) is 0 Å². The normalized spacial score (nSPS) is 26.9. The minimum absolute atomic E-state index is 0.0556. The second-order valence-electron chi connectivity index (χ2n) is 5.94. The van der Waals surface area contributed by atoms with E-state index < -0.39 is 0 Å². The van der Waals surface area contributed by atoms with Gasteiger partial charge in [-0.25, -0.2) is 0 Å². The van der Waals surface area contributed by atoms with Crippen molar-refractivity contribution in [3.8, 4) is 12.5 Å². The van der Waals surface area contributed by atoms with Crippen molar-refractivity contribution in [1.29, 1.82) is 0 Å². The van der Waals surface area contributed by atoms with Crippen LogP contribution in [0.4, 0.5) is 0 Å². The SMILES string of the molecule is C#CN(C(=O)c1ccn2cccc2c1)C1CN2CC[C@H]1C2. The van der Waals surface area contributed by atoms with Crippen LogP contribution in [0.3, 0.4) is 0 Å². The number of piperidine rings is 1. The number of rotatable bonds is 2. The van der Waals surface area contributed by atoms with Gasteiger partial charge in [0.25, 0.3) is 5.91 Å². The number of amides is 1. The van der Waals surface area contributed by atoms with E-state index in [0.717, 1.165) is 31.6 Å². The molecule has 0 radical (unpaired) electrons. The molecular formula is C17H17N3O. The predicted octanol–water partition coefficient (Wildman–Crippen LogP) is 1.68. The van der Waals surface area contributed by atoms with Gasteiger partial charge in [-0.1, -0.05) is 6.42 Å². The van der Waals surface area contributed by atoms with E-state index in [0.29, 0.717) is 11.5 Å². The van der Waals surface area contributed by atoms with Crippen LogP contribution in [0.2, 0.25) is 0 Å². The van der Waals surface area contributed by atoms with Crippen molar-refractivity contribution < 1.29 is 4.79 Å². The second kappa shape index (κ2) is 4.64.